The highest BCUT2D eigenvalue weighted by Gasteiger charge is 2.42. The van der Waals surface area contributed by atoms with Crippen LogP contribution in [0, 0.1) is 17.7 Å². The second-order valence-corrected chi connectivity index (χ2v) is 8.34. The molecule has 3 saturated heterocycles. The van der Waals surface area contributed by atoms with Gasteiger partial charge in [-0.05, 0) is 37.4 Å². The van der Waals surface area contributed by atoms with E-state index in [9.17, 15) is 4.39 Å². The lowest BCUT2D eigenvalue weighted by atomic mass is 9.80. The van der Waals surface area contributed by atoms with Gasteiger partial charge in [0.05, 0.1) is 12.6 Å². The Balaban J connectivity index is 1.33. The van der Waals surface area contributed by atoms with E-state index in [1.807, 2.05) is 24.4 Å². The summed E-state index contributed by atoms with van der Waals surface area (Å²) < 4.78 is 20.6. The zero-order chi connectivity index (χ0) is 19.6. The van der Waals surface area contributed by atoms with Crippen LogP contribution in [-0.2, 0) is 0 Å². The van der Waals surface area contributed by atoms with Gasteiger partial charge in [0, 0.05) is 54.6 Å². The molecule has 1 aromatic heterocycles. The molecule has 0 radical (unpaired) electrons. The number of hydrazine groups is 1. The lowest BCUT2D eigenvalue weighted by Crippen LogP contribution is -2.46. The predicted octanol–water partition coefficient (Wildman–Crippen LogP) is 2.08. The molecule has 4 heterocycles. The Morgan fingerprint density at radius 1 is 1.10 bits per heavy atom. The summed E-state index contributed by atoms with van der Waals surface area (Å²) in [4.78, 5) is 4.35. The Morgan fingerprint density at radius 2 is 2.03 bits per heavy atom. The van der Waals surface area contributed by atoms with E-state index in [1.54, 1.807) is 12.3 Å². The molecule has 1 aromatic carbocycles. The number of rotatable bonds is 5. The number of fused-ring (bicyclic) bond motifs is 1. The molecule has 3 aliphatic heterocycles. The number of ether oxygens (including phenoxy) is 1. The maximum atomic E-state index is 14.4. The van der Waals surface area contributed by atoms with Gasteiger partial charge < -0.3 is 15.4 Å². The molecule has 4 N–H and O–H groups in total. The van der Waals surface area contributed by atoms with Crippen molar-refractivity contribution in [2.24, 2.45) is 11.8 Å². The molecular weight excluding hydrogens is 369 g/mol. The summed E-state index contributed by atoms with van der Waals surface area (Å²) in [5, 5.41) is 7.02. The normalized spacial score (nSPS) is 31.6. The van der Waals surface area contributed by atoms with Gasteiger partial charge in [-0.25, -0.2) is 9.82 Å². The van der Waals surface area contributed by atoms with Crippen molar-refractivity contribution < 1.29 is 9.13 Å². The standard InChI is InChI=1S/C22H28FN5O/c23-18-4-2-1-3-15(18)22-16-9-19(26-12-20(16)27-28-22)17-11-25-8-6-21(17)29-13-14-5-7-24-10-14/h1-4,6,8,11,14,16,19-20,22,24,26-28H,5,7,9-10,12-13H2/t14-,16?,19?,20?,22?/m1/s1. The Labute approximate surface area is 170 Å². The van der Waals surface area contributed by atoms with Crippen LogP contribution in [0.5, 0.6) is 5.75 Å². The van der Waals surface area contributed by atoms with E-state index in [4.69, 9.17) is 4.74 Å². The largest absolute Gasteiger partial charge is 0.493 e. The van der Waals surface area contributed by atoms with Crippen molar-refractivity contribution in [3.05, 3.63) is 59.7 Å². The van der Waals surface area contributed by atoms with E-state index in [0.717, 1.165) is 56.0 Å². The van der Waals surface area contributed by atoms with Gasteiger partial charge in [0.1, 0.15) is 11.6 Å². The van der Waals surface area contributed by atoms with E-state index in [2.05, 4.69) is 26.5 Å². The molecule has 6 nitrogen and oxygen atoms in total. The SMILES string of the molecule is Fc1ccccc1C1NNC2CNC(c3cnccc3OC[C@@H]3CCNC3)CC21. The maximum absolute atomic E-state index is 14.4. The smallest absolute Gasteiger partial charge is 0.128 e. The van der Waals surface area contributed by atoms with Gasteiger partial charge in [-0.3, -0.25) is 10.4 Å². The second-order valence-electron chi connectivity index (χ2n) is 8.34. The molecule has 154 valence electrons. The van der Waals surface area contributed by atoms with Crippen molar-refractivity contribution in [3.63, 3.8) is 0 Å². The van der Waals surface area contributed by atoms with Crippen molar-refractivity contribution >= 4 is 0 Å². The molecule has 0 spiro atoms. The van der Waals surface area contributed by atoms with Gasteiger partial charge in [-0.1, -0.05) is 18.2 Å². The number of nitrogens with zero attached hydrogens (tertiary/aromatic N) is 1. The molecule has 4 unspecified atom stereocenters. The lowest BCUT2D eigenvalue weighted by molar-refractivity contribution is 0.238. The van der Waals surface area contributed by atoms with Crippen LogP contribution in [0.25, 0.3) is 0 Å². The third kappa shape index (κ3) is 3.88. The Morgan fingerprint density at radius 3 is 2.90 bits per heavy atom. The van der Waals surface area contributed by atoms with E-state index in [-0.39, 0.29) is 29.9 Å². The molecule has 3 aliphatic rings. The summed E-state index contributed by atoms with van der Waals surface area (Å²) >= 11 is 0. The van der Waals surface area contributed by atoms with Crippen molar-refractivity contribution in [2.75, 3.05) is 26.2 Å². The van der Waals surface area contributed by atoms with Crippen molar-refractivity contribution in [1.82, 2.24) is 26.5 Å². The van der Waals surface area contributed by atoms with Crippen LogP contribution in [0.15, 0.2) is 42.7 Å². The number of nitrogens with one attached hydrogen (secondary N) is 4. The highest BCUT2D eigenvalue weighted by atomic mass is 19.1. The van der Waals surface area contributed by atoms with Gasteiger partial charge in [-0.15, -0.1) is 0 Å². The highest BCUT2D eigenvalue weighted by molar-refractivity contribution is 5.34. The minimum atomic E-state index is -0.155. The summed E-state index contributed by atoms with van der Waals surface area (Å²) in [6.07, 6.45) is 5.75. The van der Waals surface area contributed by atoms with E-state index in [1.165, 1.54) is 6.07 Å². The molecule has 0 saturated carbocycles. The number of aromatic nitrogens is 1. The van der Waals surface area contributed by atoms with Crippen LogP contribution in [0.4, 0.5) is 4.39 Å². The fourth-order valence-electron chi connectivity index (χ4n) is 4.89. The van der Waals surface area contributed by atoms with E-state index in [0.29, 0.717) is 5.92 Å². The first kappa shape index (κ1) is 18.9. The molecule has 5 rings (SSSR count). The molecule has 29 heavy (non-hydrogen) atoms. The molecule has 3 fully saturated rings. The third-order valence-corrected chi connectivity index (χ3v) is 6.52. The first-order valence-electron chi connectivity index (χ1n) is 10.6. The topological polar surface area (TPSA) is 70.2 Å². The number of hydrogen-bond donors (Lipinski definition) is 4. The van der Waals surface area contributed by atoms with Gasteiger partial charge in [0.15, 0.2) is 0 Å². The van der Waals surface area contributed by atoms with Gasteiger partial charge >= 0.3 is 0 Å². The van der Waals surface area contributed by atoms with E-state index >= 15 is 0 Å². The van der Waals surface area contributed by atoms with Crippen molar-refractivity contribution in [2.45, 2.75) is 31.0 Å². The van der Waals surface area contributed by atoms with Crippen LogP contribution in [0.2, 0.25) is 0 Å². The Bertz CT molecular complexity index is 843. The second kappa shape index (κ2) is 8.36. The zero-order valence-electron chi connectivity index (χ0n) is 16.4. The molecule has 0 aliphatic carbocycles. The minimum Gasteiger partial charge on any atom is -0.493 e. The van der Waals surface area contributed by atoms with Gasteiger partial charge in [-0.2, -0.15) is 0 Å². The van der Waals surface area contributed by atoms with Gasteiger partial charge in [0.2, 0.25) is 0 Å². The van der Waals surface area contributed by atoms with Crippen molar-refractivity contribution in [1.29, 1.82) is 0 Å². The maximum Gasteiger partial charge on any atom is 0.128 e. The van der Waals surface area contributed by atoms with Crippen LogP contribution < -0.4 is 26.2 Å². The summed E-state index contributed by atoms with van der Waals surface area (Å²) in [6, 6.07) is 9.37. The van der Waals surface area contributed by atoms with Crippen LogP contribution >= 0.6 is 0 Å². The Hall–Kier alpha value is -2.06. The minimum absolute atomic E-state index is 0.0450. The number of piperidine rings is 1. The summed E-state index contributed by atoms with van der Waals surface area (Å²) in [6.45, 7) is 3.63. The summed E-state index contributed by atoms with van der Waals surface area (Å²) in [5.41, 5.74) is 8.49. The number of benzene rings is 1. The zero-order valence-corrected chi connectivity index (χ0v) is 16.4. The molecular formula is C22H28FN5O. The van der Waals surface area contributed by atoms with Crippen LogP contribution in [0.3, 0.4) is 0 Å². The highest BCUT2D eigenvalue weighted by Crippen LogP contribution is 2.40. The van der Waals surface area contributed by atoms with Crippen molar-refractivity contribution in [3.8, 4) is 5.75 Å². The predicted molar refractivity (Wildman–Crippen MR) is 109 cm³/mol. The average Bonchev–Trinajstić information content (AvgIpc) is 3.42. The lowest BCUT2D eigenvalue weighted by Gasteiger charge is -2.35. The summed E-state index contributed by atoms with van der Waals surface area (Å²) in [5.74, 6) is 1.60. The fourth-order valence-corrected chi connectivity index (χ4v) is 4.89. The fraction of sp³-hybridized carbons (Fsp3) is 0.500. The average molecular weight is 397 g/mol. The number of hydrogen-bond acceptors (Lipinski definition) is 6. The molecule has 5 atom stereocenters. The molecule has 7 heteroatoms. The monoisotopic (exact) mass is 397 g/mol. The van der Waals surface area contributed by atoms with E-state index < -0.39 is 0 Å². The first-order valence-corrected chi connectivity index (χ1v) is 10.6. The van der Waals surface area contributed by atoms with Gasteiger partial charge in [0.25, 0.3) is 0 Å². The molecule has 0 bridgehead atoms. The number of pyridine rings is 1. The first-order chi connectivity index (χ1) is 14.3. The molecule has 2 aromatic rings. The van der Waals surface area contributed by atoms with Crippen LogP contribution in [-0.4, -0.2) is 37.3 Å². The molecule has 0 amide bonds. The number of halogens is 1. The third-order valence-electron chi connectivity index (χ3n) is 6.52. The Kier molecular flexibility index (Phi) is 5.46. The van der Waals surface area contributed by atoms with Crippen LogP contribution in [0.1, 0.15) is 36.1 Å². The quantitative estimate of drug-likeness (QED) is 0.619. The summed E-state index contributed by atoms with van der Waals surface area (Å²) in [7, 11) is 0.